The molecular weight excluding hydrogens is 188 g/mol. The Morgan fingerprint density at radius 2 is 2.00 bits per heavy atom. The Morgan fingerprint density at radius 1 is 1.13 bits per heavy atom. The van der Waals surface area contributed by atoms with E-state index in [2.05, 4.69) is 19.9 Å². The summed E-state index contributed by atoms with van der Waals surface area (Å²) in [6.07, 6.45) is 9.97. The summed E-state index contributed by atoms with van der Waals surface area (Å²) in [5.41, 5.74) is 1.72. The maximum atomic E-state index is 4.51. The fraction of sp³-hybridized carbons (Fsp3) is 0.545. The van der Waals surface area contributed by atoms with Crippen molar-refractivity contribution in [2.45, 2.75) is 38.0 Å². The number of rotatable bonds is 1. The average Bonchev–Trinajstić information content (AvgIpc) is 2.77. The first-order chi connectivity index (χ1) is 7.43. The summed E-state index contributed by atoms with van der Waals surface area (Å²) in [4.78, 5) is 16.1. The lowest BCUT2D eigenvalue weighted by molar-refractivity contribution is 0.429. The second-order valence-corrected chi connectivity index (χ2v) is 4.20. The summed E-state index contributed by atoms with van der Waals surface area (Å²) in [5.74, 6) is 1.54. The molecule has 0 spiro atoms. The molecular formula is C11H14N4. The van der Waals surface area contributed by atoms with E-state index in [0.717, 1.165) is 17.0 Å². The molecule has 1 fully saturated rings. The quantitative estimate of drug-likeness (QED) is 0.772. The van der Waals surface area contributed by atoms with Crippen LogP contribution in [0.3, 0.4) is 0 Å². The lowest BCUT2D eigenvalue weighted by Gasteiger charge is -2.19. The number of imidazole rings is 1. The maximum Gasteiger partial charge on any atom is 0.180 e. The molecule has 0 atom stereocenters. The number of nitrogens with one attached hydrogen (secondary N) is 1. The van der Waals surface area contributed by atoms with Crippen molar-refractivity contribution < 1.29 is 0 Å². The topological polar surface area (TPSA) is 54.5 Å². The summed E-state index contributed by atoms with van der Waals surface area (Å²) >= 11 is 0. The third-order valence-corrected chi connectivity index (χ3v) is 3.16. The standard InChI is InChI=1S/C11H14N4/c1-2-4-8(5-3-1)10-12-6-9-11(15-10)14-7-13-9/h6-8H,1-5H2,(H,12,13,14,15). The molecule has 1 N–H and O–H groups in total. The van der Waals surface area contributed by atoms with Crippen LogP contribution >= 0.6 is 0 Å². The van der Waals surface area contributed by atoms with E-state index in [1.165, 1.54) is 32.1 Å². The fourth-order valence-electron chi connectivity index (χ4n) is 2.31. The van der Waals surface area contributed by atoms with Gasteiger partial charge in [-0.3, -0.25) is 0 Å². The van der Waals surface area contributed by atoms with E-state index >= 15 is 0 Å². The van der Waals surface area contributed by atoms with Crippen molar-refractivity contribution >= 4 is 11.2 Å². The van der Waals surface area contributed by atoms with Gasteiger partial charge in [-0.05, 0) is 12.8 Å². The largest absolute Gasteiger partial charge is 0.342 e. The summed E-state index contributed by atoms with van der Waals surface area (Å²) < 4.78 is 0. The van der Waals surface area contributed by atoms with E-state index in [1.54, 1.807) is 6.33 Å². The van der Waals surface area contributed by atoms with E-state index < -0.39 is 0 Å². The van der Waals surface area contributed by atoms with Crippen molar-refractivity contribution in [1.29, 1.82) is 0 Å². The Labute approximate surface area is 88.2 Å². The number of H-pyrrole nitrogens is 1. The minimum atomic E-state index is 0.555. The van der Waals surface area contributed by atoms with Crippen LogP contribution in [-0.4, -0.2) is 19.9 Å². The van der Waals surface area contributed by atoms with Crippen molar-refractivity contribution in [3.63, 3.8) is 0 Å². The Morgan fingerprint density at radius 3 is 2.87 bits per heavy atom. The van der Waals surface area contributed by atoms with Crippen LogP contribution in [0.2, 0.25) is 0 Å². The van der Waals surface area contributed by atoms with Gasteiger partial charge in [-0.1, -0.05) is 19.3 Å². The lowest BCUT2D eigenvalue weighted by Crippen LogP contribution is -2.08. The molecule has 3 rings (SSSR count). The normalized spacial score (nSPS) is 18.4. The lowest BCUT2D eigenvalue weighted by atomic mass is 9.89. The van der Waals surface area contributed by atoms with E-state index in [-0.39, 0.29) is 0 Å². The van der Waals surface area contributed by atoms with Gasteiger partial charge < -0.3 is 4.98 Å². The molecule has 0 aromatic carbocycles. The van der Waals surface area contributed by atoms with Crippen molar-refractivity contribution in [1.82, 2.24) is 19.9 Å². The smallest absolute Gasteiger partial charge is 0.180 e. The summed E-state index contributed by atoms with van der Waals surface area (Å²) in [6.45, 7) is 0. The predicted octanol–water partition coefficient (Wildman–Crippen LogP) is 2.40. The first kappa shape index (κ1) is 8.83. The number of nitrogens with zero attached hydrogens (tertiary/aromatic N) is 3. The van der Waals surface area contributed by atoms with Gasteiger partial charge >= 0.3 is 0 Å². The zero-order valence-electron chi connectivity index (χ0n) is 8.61. The fourth-order valence-corrected chi connectivity index (χ4v) is 2.31. The highest BCUT2D eigenvalue weighted by molar-refractivity contribution is 5.68. The van der Waals surface area contributed by atoms with Crippen LogP contribution in [0, 0.1) is 0 Å². The third kappa shape index (κ3) is 1.60. The minimum absolute atomic E-state index is 0.555. The molecule has 1 aliphatic carbocycles. The molecule has 2 aromatic heterocycles. The van der Waals surface area contributed by atoms with Gasteiger partial charge in [0.2, 0.25) is 0 Å². The summed E-state index contributed by atoms with van der Waals surface area (Å²) in [5, 5.41) is 0. The van der Waals surface area contributed by atoms with Crippen LogP contribution in [-0.2, 0) is 0 Å². The maximum absolute atomic E-state index is 4.51. The van der Waals surface area contributed by atoms with Crippen LogP contribution in [0.1, 0.15) is 43.8 Å². The highest BCUT2D eigenvalue weighted by Gasteiger charge is 2.18. The number of fused-ring (bicyclic) bond motifs is 1. The second-order valence-electron chi connectivity index (χ2n) is 4.20. The molecule has 1 aliphatic rings. The summed E-state index contributed by atoms with van der Waals surface area (Å²) in [6, 6.07) is 0. The molecule has 0 saturated heterocycles. The van der Waals surface area contributed by atoms with Crippen LogP contribution in [0.25, 0.3) is 11.2 Å². The molecule has 2 aromatic rings. The van der Waals surface area contributed by atoms with Gasteiger partial charge in [-0.25, -0.2) is 15.0 Å². The average molecular weight is 202 g/mol. The number of aromatic amines is 1. The Hall–Kier alpha value is -1.45. The van der Waals surface area contributed by atoms with Gasteiger partial charge in [0.25, 0.3) is 0 Å². The molecule has 0 unspecified atom stereocenters. The predicted molar refractivity (Wildman–Crippen MR) is 57.5 cm³/mol. The molecule has 15 heavy (non-hydrogen) atoms. The molecule has 0 aliphatic heterocycles. The molecule has 4 heteroatoms. The van der Waals surface area contributed by atoms with Gasteiger partial charge in [-0.2, -0.15) is 0 Å². The number of hydrogen-bond acceptors (Lipinski definition) is 3. The van der Waals surface area contributed by atoms with E-state index in [4.69, 9.17) is 0 Å². The van der Waals surface area contributed by atoms with Crippen LogP contribution < -0.4 is 0 Å². The van der Waals surface area contributed by atoms with Gasteiger partial charge in [0.15, 0.2) is 5.65 Å². The molecule has 0 bridgehead atoms. The Kier molecular flexibility index (Phi) is 2.12. The van der Waals surface area contributed by atoms with Gasteiger partial charge in [0.05, 0.1) is 12.5 Å². The SMILES string of the molecule is c1nc2nc(C3CCCCC3)ncc2[nH]1. The van der Waals surface area contributed by atoms with Crippen molar-refractivity contribution in [3.05, 3.63) is 18.3 Å². The molecule has 0 amide bonds. The zero-order valence-corrected chi connectivity index (χ0v) is 8.61. The third-order valence-electron chi connectivity index (χ3n) is 3.16. The van der Waals surface area contributed by atoms with Crippen molar-refractivity contribution in [2.24, 2.45) is 0 Å². The summed E-state index contributed by atoms with van der Waals surface area (Å²) in [7, 11) is 0. The van der Waals surface area contributed by atoms with Crippen molar-refractivity contribution in [2.75, 3.05) is 0 Å². The van der Waals surface area contributed by atoms with Crippen LogP contribution in [0.4, 0.5) is 0 Å². The monoisotopic (exact) mass is 202 g/mol. The highest BCUT2D eigenvalue weighted by Crippen LogP contribution is 2.30. The van der Waals surface area contributed by atoms with Crippen molar-refractivity contribution in [3.8, 4) is 0 Å². The first-order valence-electron chi connectivity index (χ1n) is 5.59. The molecule has 0 radical (unpaired) electrons. The molecule has 2 heterocycles. The number of aromatic nitrogens is 4. The molecule has 4 nitrogen and oxygen atoms in total. The second kappa shape index (κ2) is 3.61. The number of hydrogen-bond donors (Lipinski definition) is 1. The van der Waals surface area contributed by atoms with Crippen LogP contribution in [0.15, 0.2) is 12.5 Å². The minimum Gasteiger partial charge on any atom is -0.342 e. The molecule has 78 valence electrons. The highest BCUT2D eigenvalue weighted by atomic mass is 15.0. The Balaban J connectivity index is 1.95. The first-order valence-corrected chi connectivity index (χ1v) is 5.59. The van der Waals surface area contributed by atoms with E-state index in [1.807, 2.05) is 6.20 Å². The van der Waals surface area contributed by atoms with Gasteiger partial charge in [0, 0.05) is 5.92 Å². The van der Waals surface area contributed by atoms with Crippen LogP contribution in [0.5, 0.6) is 0 Å². The van der Waals surface area contributed by atoms with E-state index in [0.29, 0.717) is 5.92 Å². The Bertz CT molecular complexity index is 456. The van der Waals surface area contributed by atoms with Gasteiger partial charge in [-0.15, -0.1) is 0 Å². The zero-order chi connectivity index (χ0) is 10.1. The van der Waals surface area contributed by atoms with E-state index in [9.17, 15) is 0 Å². The molecule has 1 saturated carbocycles. The van der Waals surface area contributed by atoms with Gasteiger partial charge in [0.1, 0.15) is 11.3 Å².